The number of hydrogen-bond acceptors (Lipinski definition) is 2. The number of aromatic nitrogens is 2. The van der Waals surface area contributed by atoms with E-state index in [0.717, 1.165) is 31.6 Å². The van der Waals surface area contributed by atoms with Crippen molar-refractivity contribution in [3.8, 4) is 0 Å². The van der Waals surface area contributed by atoms with Crippen LogP contribution >= 0.6 is 0 Å². The van der Waals surface area contributed by atoms with Gasteiger partial charge in [-0.15, -0.1) is 0 Å². The van der Waals surface area contributed by atoms with Crippen molar-refractivity contribution in [2.45, 2.75) is 46.6 Å². The van der Waals surface area contributed by atoms with E-state index in [0.29, 0.717) is 5.69 Å². The highest BCUT2D eigenvalue weighted by Gasteiger charge is 2.10. The molecule has 1 N–H and O–H groups in total. The quantitative estimate of drug-likeness (QED) is 0.751. The van der Waals surface area contributed by atoms with E-state index in [4.69, 9.17) is 0 Å². The lowest BCUT2D eigenvalue weighted by molar-refractivity contribution is 0.0947. The summed E-state index contributed by atoms with van der Waals surface area (Å²) >= 11 is 0. The number of carbonyl (C=O) groups is 1. The van der Waals surface area contributed by atoms with Gasteiger partial charge in [0.05, 0.1) is 0 Å². The van der Waals surface area contributed by atoms with Gasteiger partial charge < -0.3 is 5.32 Å². The minimum Gasteiger partial charge on any atom is -0.351 e. The van der Waals surface area contributed by atoms with Crippen LogP contribution in [0, 0.1) is 6.92 Å². The minimum atomic E-state index is -0.0635. The van der Waals surface area contributed by atoms with Crippen LogP contribution in [0.5, 0.6) is 0 Å². The van der Waals surface area contributed by atoms with Crippen molar-refractivity contribution in [1.82, 2.24) is 15.1 Å². The largest absolute Gasteiger partial charge is 0.351 e. The van der Waals surface area contributed by atoms with Crippen LogP contribution in [0.1, 0.15) is 49.3 Å². The third kappa shape index (κ3) is 3.36. The molecule has 1 rings (SSSR count). The molecule has 0 saturated heterocycles. The van der Waals surface area contributed by atoms with Crippen molar-refractivity contribution in [3.63, 3.8) is 0 Å². The minimum absolute atomic E-state index is 0.0635. The Hall–Kier alpha value is -1.32. The van der Waals surface area contributed by atoms with E-state index in [-0.39, 0.29) is 5.91 Å². The van der Waals surface area contributed by atoms with E-state index in [1.807, 2.05) is 24.6 Å². The Morgan fingerprint density at radius 1 is 1.44 bits per heavy atom. The summed E-state index contributed by atoms with van der Waals surface area (Å²) < 4.78 is 1.83. The molecule has 0 bridgehead atoms. The van der Waals surface area contributed by atoms with Gasteiger partial charge in [-0.05, 0) is 26.3 Å². The highest BCUT2D eigenvalue weighted by Crippen LogP contribution is 2.03. The molecule has 0 atom stereocenters. The van der Waals surface area contributed by atoms with E-state index in [2.05, 4.69) is 17.3 Å². The maximum atomic E-state index is 11.7. The molecule has 4 nitrogen and oxygen atoms in total. The Bertz CT molecular complexity index is 344. The number of rotatable bonds is 6. The highest BCUT2D eigenvalue weighted by molar-refractivity contribution is 5.92. The van der Waals surface area contributed by atoms with Crippen LogP contribution in [-0.4, -0.2) is 22.2 Å². The zero-order valence-corrected chi connectivity index (χ0v) is 10.4. The normalized spacial score (nSPS) is 10.4. The molecule has 0 aliphatic heterocycles. The predicted molar refractivity (Wildman–Crippen MR) is 64.5 cm³/mol. The van der Waals surface area contributed by atoms with Crippen molar-refractivity contribution in [2.24, 2.45) is 0 Å². The molecule has 1 aromatic rings. The second-order valence-corrected chi connectivity index (χ2v) is 3.95. The average molecular weight is 223 g/mol. The van der Waals surface area contributed by atoms with Crippen LogP contribution in [0.2, 0.25) is 0 Å². The number of nitrogens with one attached hydrogen (secondary N) is 1. The van der Waals surface area contributed by atoms with E-state index < -0.39 is 0 Å². The van der Waals surface area contributed by atoms with Gasteiger partial charge in [0, 0.05) is 18.8 Å². The first-order valence-electron chi connectivity index (χ1n) is 6.01. The summed E-state index contributed by atoms with van der Waals surface area (Å²) in [6, 6.07) is 1.83. The van der Waals surface area contributed by atoms with E-state index in [9.17, 15) is 4.79 Å². The van der Waals surface area contributed by atoms with Gasteiger partial charge in [-0.2, -0.15) is 5.10 Å². The first-order valence-corrected chi connectivity index (χ1v) is 6.01. The van der Waals surface area contributed by atoms with Gasteiger partial charge in [-0.1, -0.05) is 19.8 Å². The maximum absolute atomic E-state index is 11.7. The molecule has 0 aliphatic rings. The molecule has 0 spiro atoms. The summed E-state index contributed by atoms with van der Waals surface area (Å²) in [6.45, 7) is 7.67. The molecule has 0 radical (unpaired) electrons. The van der Waals surface area contributed by atoms with Crippen LogP contribution < -0.4 is 5.32 Å². The molecule has 1 heterocycles. The van der Waals surface area contributed by atoms with Gasteiger partial charge in [0.1, 0.15) is 5.69 Å². The maximum Gasteiger partial charge on any atom is 0.271 e. The fourth-order valence-electron chi connectivity index (χ4n) is 1.61. The van der Waals surface area contributed by atoms with Gasteiger partial charge in [-0.3, -0.25) is 9.48 Å². The van der Waals surface area contributed by atoms with Gasteiger partial charge in [0.15, 0.2) is 0 Å². The summed E-state index contributed by atoms with van der Waals surface area (Å²) in [4.78, 5) is 11.7. The predicted octanol–water partition coefficient (Wildman–Crippen LogP) is 2.13. The van der Waals surface area contributed by atoms with Crippen LogP contribution in [0.4, 0.5) is 0 Å². The molecule has 16 heavy (non-hydrogen) atoms. The van der Waals surface area contributed by atoms with E-state index in [1.165, 1.54) is 6.42 Å². The van der Waals surface area contributed by atoms with Gasteiger partial charge in [0.2, 0.25) is 0 Å². The number of unbranched alkanes of at least 4 members (excludes halogenated alkanes) is 2. The van der Waals surface area contributed by atoms with Crippen molar-refractivity contribution in [2.75, 3.05) is 6.54 Å². The average Bonchev–Trinajstić information content (AvgIpc) is 2.66. The summed E-state index contributed by atoms with van der Waals surface area (Å²) in [5, 5.41) is 7.12. The second-order valence-electron chi connectivity index (χ2n) is 3.95. The Labute approximate surface area is 97.0 Å². The Balaban J connectivity index is 2.46. The van der Waals surface area contributed by atoms with Crippen LogP contribution in [-0.2, 0) is 6.54 Å². The molecule has 1 aromatic heterocycles. The number of aryl methyl sites for hydroxylation is 2. The van der Waals surface area contributed by atoms with Crippen molar-refractivity contribution >= 4 is 5.91 Å². The molecule has 0 aromatic carbocycles. The van der Waals surface area contributed by atoms with Crippen LogP contribution in [0.3, 0.4) is 0 Å². The summed E-state index contributed by atoms with van der Waals surface area (Å²) in [5.41, 5.74) is 1.55. The lowest BCUT2D eigenvalue weighted by Gasteiger charge is -2.01. The van der Waals surface area contributed by atoms with E-state index in [1.54, 1.807) is 0 Å². The highest BCUT2D eigenvalue weighted by atomic mass is 16.1. The van der Waals surface area contributed by atoms with Crippen LogP contribution in [0.25, 0.3) is 0 Å². The monoisotopic (exact) mass is 223 g/mol. The number of amides is 1. The standard InChI is InChI=1S/C12H21N3O/c1-4-6-7-8-13-12(16)11-9-10(3)15(5-2)14-11/h9H,4-8H2,1-3H3,(H,13,16). The fraction of sp³-hybridized carbons (Fsp3) is 0.667. The topological polar surface area (TPSA) is 46.9 Å². The van der Waals surface area contributed by atoms with Crippen molar-refractivity contribution in [1.29, 1.82) is 0 Å². The lowest BCUT2D eigenvalue weighted by atomic mass is 10.2. The zero-order valence-electron chi connectivity index (χ0n) is 10.4. The Kier molecular flexibility index (Phi) is 5.02. The molecular formula is C12H21N3O. The zero-order chi connectivity index (χ0) is 12.0. The van der Waals surface area contributed by atoms with Crippen molar-refractivity contribution < 1.29 is 4.79 Å². The lowest BCUT2D eigenvalue weighted by Crippen LogP contribution is -2.25. The number of nitrogens with zero attached hydrogens (tertiary/aromatic N) is 2. The van der Waals surface area contributed by atoms with Gasteiger partial charge in [-0.25, -0.2) is 0 Å². The Morgan fingerprint density at radius 3 is 2.75 bits per heavy atom. The number of hydrogen-bond donors (Lipinski definition) is 1. The smallest absolute Gasteiger partial charge is 0.271 e. The fourth-order valence-corrected chi connectivity index (χ4v) is 1.61. The van der Waals surface area contributed by atoms with Gasteiger partial charge in [0.25, 0.3) is 5.91 Å². The summed E-state index contributed by atoms with van der Waals surface area (Å²) in [5.74, 6) is -0.0635. The molecular weight excluding hydrogens is 202 g/mol. The molecule has 0 fully saturated rings. The molecule has 1 amide bonds. The van der Waals surface area contributed by atoms with Crippen molar-refractivity contribution in [3.05, 3.63) is 17.5 Å². The van der Waals surface area contributed by atoms with Gasteiger partial charge >= 0.3 is 0 Å². The third-order valence-electron chi connectivity index (χ3n) is 2.58. The molecule has 90 valence electrons. The SMILES string of the molecule is CCCCCNC(=O)c1cc(C)n(CC)n1. The Morgan fingerprint density at radius 2 is 2.19 bits per heavy atom. The number of carbonyl (C=O) groups excluding carboxylic acids is 1. The first kappa shape index (κ1) is 12.7. The molecule has 0 aliphatic carbocycles. The molecule has 0 unspecified atom stereocenters. The molecule has 4 heteroatoms. The van der Waals surface area contributed by atoms with Crippen LogP contribution in [0.15, 0.2) is 6.07 Å². The summed E-state index contributed by atoms with van der Waals surface area (Å²) in [7, 11) is 0. The van der Waals surface area contributed by atoms with E-state index >= 15 is 0 Å². The summed E-state index contributed by atoms with van der Waals surface area (Å²) in [6.07, 6.45) is 3.36. The second kappa shape index (κ2) is 6.30. The first-order chi connectivity index (χ1) is 7.69. The third-order valence-corrected chi connectivity index (χ3v) is 2.58. The molecule has 0 saturated carbocycles.